The van der Waals surface area contributed by atoms with E-state index in [1.165, 1.54) is 16.4 Å². The van der Waals surface area contributed by atoms with E-state index in [1.54, 1.807) is 23.0 Å². The molecule has 3 atom stereocenters. The van der Waals surface area contributed by atoms with Gasteiger partial charge in [0.2, 0.25) is 10.0 Å². The first-order chi connectivity index (χ1) is 14.8. The monoisotopic (exact) mass is 447 g/mol. The molecule has 3 heterocycles. The Morgan fingerprint density at radius 3 is 2.48 bits per heavy atom. The molecule has 4 rings (SSSR count). The normalized spacial score (nSPS) is 25.5. The standard InChI is InChI=1S/C21H29N5O4S/c1-16-12-26(13-17(2)30-16)31(28,29)20-7-5-19(6-8-20)21(27)24-10-3-4-18(14-24)15-25-11-9-22-23-25/h5-9,11,16-18H,3-4,10,12-15H2,1-2H3/t16-,17-,18-/m1/s1. The van der Waals surface area contributed by atoms with Gasteiger partial charge in [0.1, 0.15) is 0 Å². The molecule has 1 aromatic heterocycles. The molecule has 1 amide bonds. The van der Waals surface area contributed by atoms with Gasteiger partial charge in [-0.2, -0.15) is 4.31 Å². The van der Waals surface area contributed by atoms with Gasteiger partial charge in [0.05, 0.1) is 23.3 Å². The summed E-state index contributed by atoms with van der Waals surface area (Å²) in [5.74, 6) is 0.255. The zero-order valence-corrected chi connectivity index (χ0v) is 18.7. The maximum atomic E-state index is 13.0. The van der Waals surface area contributed by atoms with E-state index < -0.39 is 10.0 Å². The summed E-state index contributed by atoms with van der Waals surface area (Å²) in [6, 6.07) is 6.29. The Hall–Kier alpha value is -2.30. The number of carbonyl (C=O) groups is 1. The number of hydrogen-bond acceptors (Lipinski definition) is 6. The number of carbonyl (C=O) groups excluding carboxylic acids is 1. The molecule has 168 valence electrons. The van der Waals surface area contributed by atoms with E-state index in [9.17, 15) is 13.2 Å². The summed E-state index contributed by atoms with van der Waals surface area (Å²) >= 11 is 0. The fourth-order valence-electron chi connectivity index (χ4n) is 4.42. The quantitative estimate of drug-likeness (QED) is 0.691. The number of amides is 1. The fraction of sp³-hybridized carbons (Fsp3) is 0.571. The Labute approximate surface area is 183 Å². The number of aromatic nitrogens is 3. The van der Waals surface area contributed by atoms with Gasteiger partial charge in [-0.05, 0) is 56.9 Å². The van der Waals surface area contributed by atoms with Crippen molar-refractivity contribution in [2.75, 3.05) is 26.2 Å². The third kappa shape index (κ3) is 4.97. The maximum Gasteiger partial charge on any atom is 0.253 e. The molecule has 31 heavy (non-hydrogen) atoms. The van der Waals surface area contributed by atoms with Gasteiger partial charge in [0.15, 0.2) is 0 Å². The van der Waals surface area contributed by atoms with Gasteiger partial charge in [-0.15, -0.1) is 5.10 Å². The molecular formula is C21H29N5O4S. The minimum Gasteiger partial charge on any atom is -0.373 e. The number of morpholine rings is 1. The number of benzene rings is 1. The van der Waals surface area contributed by atoms with Crippen molar-refractivity contribution in [2.45, 2.75) is 50.3 Å². The predicted octanol–water partition coefficient (Wildman–Crippen LogP) is 1.63. The largest absolute Gasteiger partial charge is 0.373 e. The first-order valence-electron chi connectivity index (χ1n) is 10.7. The zero-order chi connectivity index (χ0) is 22.0. The SMILES string of the molecule is C[C@@H]1CN(S(=O)(=O)c2ccc(C(=O)N3CCC[C@@H](Cn4ccnn4)C3)cc2)C[C@@H](C)O1. The molecule has 0 bridgehead atoms. The lowest BCUT2D eigenvalue weighted by Crippen LogP contribution is -2.48. The third-order valence-electron chi connectivity index (χ3n) is 5.85. The molecule has 2 saturated heterocycles. The van der Waals surface area contributed by atoms with Crippen LogP contribution in [0.5, 0.6) is 0 Å². The molecule has 0 radical (unpaired) electrons. The number of likely N-dealkylation sites (tertiary alicyclic amines) is 1. The topological polar surface area (TPSA) is 97.6 Å². The van der Waals surface area contributed by atoms with E-state index in [0.29, 0.717) is 37.7 Å². The number of nitrogens with zero attached hydrogens (tertiary/aromatic N) is 5. The molecule has 2 fully saturated rings. The van der Waals surface area contributed by atoms with Crippen molar-refractivity contribution in [1.82, 2.24) is 24.2 Å². The van der Waals surface area contributed by atoms with E-state index in [2.05, 4.69) is 10.3 Å². The molecule has 0 N–H and O–H groups in total. The molecule has 0 aliphatic carbocycles. The minimum absolute atomic E-state index is 0.0687. The first kappa shape index (κ1) is 21.9. The zero-order valence-electron chi connectivity index (χ0n) is 17.9. The summed E-state index contributed by atoms with van der Waals surface area (Å²) in [6.07, 6.45) is 5.16. The lowest BCUT2D eigenvalue weighted by Gasteiger charge is -2.34. The van der Waals surface area contributed by atoms with E-state index >= 15 is 0 Å². The molecule has 0 unspecified atom stereocenters. The van der Waals surface area contributed by atoms with Crippen molar-refractivity contribution in [2.24, 2.45) is 5.92 Å². The molecule has 10 heteroatoms. The Kier molecular flexibility index (Phi) is 6.40. The Morgan fingerprint density at radius 1 is 1.13 bits per heavy atom. The van der Waals surface area contributed by atoms with Crippen LogP contribution in [0.25, 0.3) is 0 Å². The van der Waals surface area contributed by atoms with Gasteiger partial charge in [0, 0.05) is 44.5 Å². The molecule has 2 aliphatic heterocycles. The average molecular weight is 448 g/mol. The highest BCUT2D eigenvalue weighted by Crippen LogP contribution is 2.23. The Morgan fingerprint density at radius 2 is 1.84 bits per heavy atom. The number of ether oxygens (including phenoxy) is 1. The van der Waals surface area contributed by atoms with Crippen LogP contribution in [0.4, 0.5) is 0 Å². The van der Waals surface area contributed by atoms with Crippen LogP contribution >= 0.6 is 0 Å². The van der Waals surface area contributed by atoms with Crippen LogP contribution < -0.4 is 0 Å². The Balaban J connectivity index is 1.43. The van der Waals surface area contributed by atoms with Gasteiger partial charge in [-0.1, -0.05) is 5.21 Å². The predicted molar refractivity (Wildman–Crippen MR) is 114 cm³/mol. The first-order valence-corrected chi connectivity index (χ1v) is 12.2. The Bertz CT molecular complexity index is 983. The van der Waals surface area contributed by atoms with Crippen LogP contribution in [0.15, 0.2) is 41.6 Å². The van der Waals surface area contributed by atoms with Crippen LogP contribution in [0, 0.1) is 5.92 Å². The lowest BCUT2D eigenvalue weighted by atomic mass is 9.97. The van der Waals surface area contributed by atoms with Crippen LogP contribution in [-0.2, 0) is 21.3 Å². The van der Waals surface area contributed by atoms with E-state index in [-0.39, 0.29) is 23.0 Å². The molecule has 2 aliphatic rings. The second kappa shape index (κ2) is 9.05. The summed E-state index contributed by atoms with van der Waals surface area (Å²) < 4.78 is 34.9. The molecule has 0 spiro atoms. The number of rotatable bonds is 5. The van der Waals surface area contributed by atoms with Crippen molar-refractivity contribution >= 4 is 15.9 Å². The molecular weight excluding hydrogens is 418 g/mol. The minimum atomic E-state index is -3.62. The smallest absolute Gasteiger partial charge is 0.253 e. The van der Waals surface area contributed by atoms with Crippen LogP contribution in [0.3, 0.4) is 0 Å². The second-order valence-corrected chi connectivity index (χ2v) is 10.4. The van der Waals surface area contributed by atoms with Crippen LogP contribution in [0.1, 0.15) is 37.0 Å². The van der Waals surface area contributed by atoms with E-state index in [0.717, 1.165) is 19.4 Å². The maximum absolute atomic E-state index is 13.0. The number of sulfonamides is 1. The van der Waals surface area contributed by atoms with E-state index in [1.807, 2.05) is 24.9 Å². The second-order valence-electron chi connectivity index (χ2n) is 8.49. The van der Waals surface area contributed by atoms with Crippen LogP contribution in [-0.4, -0.2) is 76.9 Å². The third-order valence-corrected chi connectivity index (χ3v) is 7.69. The lowest BCUT2D eigenvalue weighted by molar-refractivity contribution is -0.0440. The van der Waals surface area contributed by atoms with Gasteiger partial charge in [-0.25, -0.2) is 8.42 Å². The molecule has 1 aromatic carbocycles. The van der Waals surface area contributed by atoms with Crippen molar-refractivity contribution in [1.29, 1.82) is 0 Å². The van der Waals surface area contributed by atoms with Gasteiger partial charge in [-0.3, -0.25) is 9.48 Å². The molecule has 0 saturated carbocycles. The van der Waals surface area contributed by atoms with Crippen molar-refractivity contribution in [3.63, 3.8) is 0 Å². The molecule has 2 aromatic rings. The highest BCUT2D eigenvalue weighted by atomic mass is 32.2. The summed E-state index contributed by atoms with van der Waals surface area (Å²) in [5, 5.41) is 7.85. The van der Waals surface area contributed by atoms with Crippen LogP contribution in [0.2, 0.25) is 0 Å². The highest BCUT2D eigenvalue weighted by Gasteiger charge is 2.32. The summed E-state index contributed by atoms with van der Waals surface area (Å²) in [6.45, 7) is 6.49. The van der Waals surface area contributed by atoms with Crippen molar-refractivity contribution < 1.29 is 17.9 Å². The van der Waals surface area contributed by atoms with E-state index in [4.69, 9.17) is 4.74 Å². The van der Waals surface area contributed by atoms with Crippen molar-refractivity contribution in [3.05, 3.63) is 42.2 Å². The van der Waals surface area contributed by atoms with Gasteiger partial charge >= 0.3 is 0 Å². The average Bonchev–Trinajstić information content (AvgIpc) is 3.26. The highest BCUT2D eigenvalue weighted by molar-refractivity contribution is 7.89. The fourth-order valence-corrected chi connectivity index (χ4v) is 6.01. The van der Waals surface area contributed by atoms with Gasteiger partial charge in [0.25, 0.3) is 5.91 Å². The number of hydrogen-bond donors (Lipinski definition) is 0. The summed E-state index contributed by atoms with van der Waals surface area (Å²) in [4.78, 5) is 15.1. The van der Waals surface area contributed by atoms with Gasteiger partial charge < -0.3 is 9.64 Å². The van der Waals surface area contributed by atoms with Crippen molar-refractivity contribution in [3.8, 4) is 0 Å². The summed E-state index contributed by atoms with van der Waals surface area (Å²) in [5.41, 5.74) is 0.504. The number of piperidine rings is 1. The molecule has 9 nitrogen and oxygen atoms in total. The summed E-state index contributed by atoms with van der Waals surface area (Å²) in [7, 11) is -3.62.